The standard InChI is InChI=1S/C15H25N3O/c1-15(2,3)17-11-14(19)16-10-12-6-8-13(9-7-12)18(4)5/h6-9,17H,10-11H2,1-5H3,(H,16,19). The van der Waals surface area contributed by atoms with Crippen LogP contribution < -0.4 is 15.5 Å². The fourth-order valence-corrected chi connectivity index (χ4v) is 1.52. The maximum absolute atomic E-state index is 11.7. The van der Waals surface area contributed by atoms with Crippen molar-refractivity contribution < 1.29 is 4.79 Å². The highest BCUT2D eigenvalue weighted by atomic mass is 16.1. The van der Waals surface area contributed by atoms with Crippen LogP contribution in [0.15, 0.2) is 24.3 Å². The molecule has 0 radical (unpaired) electrons. The number of carbonyl (C=O) groups is 1. The minimum Gasteiger partial charge on any atom is -0.378 e. The summed E-state index contributed by atoms with van der Waals surface area (Å²) in [6.07, 6.45) is 0. The van der Waals surface area contributed by atoms with Crippen LogP contribution in [0.3, 0.4) is 0 Å². The van der Waals surface area contributed by atoms with Gasteiger partial charge in [-0.3, -0.25) is 4.79 Å². The lowest BCUT2D eigenvalue weighted by molar-refractivity contribution is -0.120. The Balaban J connectivity index is 2.38. The van der Waals surface area contributed by atoms with Crippen LogP contribution in [-0.4, -0.2) is 32.1 Å². The van der Waals surface area contributed by atoms with Gasteiger partial charge in [0.15, 0.2) is 0 Å². The van der Waals surface area contributed by atoms with Gasteiger partial charge in [0.25, 0.3) is 0 Å². The predicted molar refractivity (Wildman–Crippen MR) is 80.4 cm³/mol. The van der Waals surface area contributed by atoms with Gasteiger partial charge in [0.2, 0.25) is 5.91 Å². The van der Waals surface area contributed by atoms with Crippen LogP contribution in [0, 0.1) is 0 Å². The van der Waals surface area contributed by atoms with Crippen molar-refractivity contribution in [1.29, 1.82) is 0 Å². The van der Waals surface area contributed by atoms with Crippen molar-refractivity contribution in [2.24, 2.45) is 0 Å². The number of carbonyl (C=O) groups excluding carboxylic acids is 1. The van der Waals surface area contributed by atoms with E-state index in [-0.39, 0.29) is 11.4 Å². The molecule has 0 aliphatic heterocycles. The summed E-state index contributed by atoms with van der Waals surface area (Å²) in [4.78, 5) is 13.7. The largest absolute Gasteiger partial charge is 0.378 e. The molecule has 1 amide bonds. The van der Waals surface area contributed by atoms with E-state index >= 15 is 0 Å². The van der Waals surface area contributed by atoms with Gasteiger partial charge in [0.1, 0.15) is 0 Å². The second-order valence-corrected chi connectivity index (χ2v) is 5.94. The number of hydrogen-bond donors (Lipinski definition) is 2. The highest BCUT2D eigenvalue weighted by Crippen LogP contribution is 2.11. The van der Waals surface area contributed by atoms with Crippen LogP contribution in [0.4, 0.5) is 5.69 Å². The summed E-state index contributed by atoms with van der Waals surface area (Å²) in [5.74, 6) is 0.0200. The summed E-state index contributed by atoms with van der Waals surface area (Å²) in [7, 11) is 4.02. The van der Waals surface area contributed by atoms with Crippen molar-refractivity contribution in [2.75, 3.05) is 25.5 Å². The molecule has 0 aliphatic carbocycles. The Labute approximate surface area is 116 Å². The van der Waals surface area contributed by atoms with E-state index in [1.807, 2.05) is 47.0 Å². The summed E-state index contributed by atoms with van der Waals surface area (Å²) >= 11 is 0. The zero-order valence-electron chi connectivity index (χ0n) is 12.6. The van der Waals surface area contributed by atoms with Crippen molar-refractivity contribution in [3.8, 4) is 0 Å². The average molecular weight is 263 g/mol. The van der Waals surface area contributed by atoms with Crippen LogP contribution in [0.5, 0.6) is 0 Å². The number of amides is 1. The van der Waals surface area contributed by atoms with Gasteiger partial charge >= 0.3 is 0 Å². The topological polar surface area (TPSA) is 44.4 Å². The number of anilines is 1. The molecule has 0 bridgehead atoms. The molecule has 4 nitrogen and oxygen atoms in total. The SMILES string of the molecule is CN(C)c1ccc(CNC(=O)CNC(C)(C)C)cc1. The molecule has 0 aromatic heterocycles. The monoisotopic (exact) mass is 263 g/mol. The van der Waals surface area contributed by atoms with Crippen LogP contribution >= 0.6 is 0 Å². The van der Waals surface area contributed by atoms with Gasteiger partial charge in [-0.15, -0.1) is 0 Å². The Morgan fingerprint density at radius 3 is 2.21 bits per heavy atom. The first-order valence-corrected chi connectivity index (χ1v) is 6.56. The summed E-state index contributed by atoms with van der Waals surface area (Å²) in [5.41, 5.74) is 2.23. The summed E-state index contributed by atoms with van der Waals surface area (Å²) in [5, 5.41) is 6.07. The highest BCUT2D eigenvalue weighted by molar-refractivity contribution is 5.78. The van der Waals surface area contributed by atoms with Crippen molar-refractivity contribution in [3.05, 3.63) is 29.8 Å². The lowest BCUT2D eigenvalue weighted by Crippen LogP contribution is -2.43. The van der Waals surface area contributed by atoms with Gasteiger partial charge in [-0.25, -0.2) is 0 Å². The van der Waals surface area contributed by atoms with Crippen molar-refractivity contribution in [2.45, 2.75) is 32.9 Å². The molecule has 1 aromatic carbocycles. The fourth-order valence-electron chi connectivity index (χ4n) is 1.52. The maximum atomic E-state index is 11.7. The lowest BCUT2D eigenvalue weighted by atomic mass is 10.1. The molecule has 0 aliphatic rings. The number of hydrogen-bond acceptors (Lipinski definition) is 3. The first kappa shape index (κ1) is 15.5. The van der Waals surface area contributed by atoms with Gasteiger partial charge < -0.3 is 15.5 Å². The molecular formula is C15H25N3O. The van der Waals surface area contributed by atoms with E-state index in [4.69, 9.17) is 0 Å². The van der Waals surface area contributed by atoms with Crippen LogP contribution in [-0.2, 0) is 11.3 Å². The Bertz CT molecular complexity index is 404. The molecule has 0 unspecified atom stereocenters. The van der Waals surface area contributed by atoms with Crippen LogP contribution in [0.1, 0.15) is 26.3 Å². The van der Waals surface area contributed by atoms with Crippen molar-refractivity contribution in [1.82, 2.24) is 10.6 Å². The van der Waals surface area contributed by atoms with E-state index in [1.54, 1.807) is 0 Å². The zero-order valence-corrected chi connectivity index (χ0v) is 12.6. The molecule has 0 saturated carbocycles. The molecule has 0 spiro atoms. The van der Waals surface area contributed by atoms with Gasteiger partial charge in [-0.05, 0) is 38.5 Å². The Kier molecular flexibility index (Phi) is 5.36. The molecule has 1 aromatic rings. The smallest absolute Gasteiger partial charge is 0.234 e. The second kappa shape index (κ2) is 6.57. The van der Waals surface area contributed by atoms with E-state index in [1.165, 1.54) is 0 Å². The van der Waals surface area contributed by atoms with Gasteiger partial charge in [-0.2, -0.15) is 0 Å². The van der Waals surface area contributed by atoms with Gasteiger partial charge in [0, 0.05) is 31.9 Å². The van der Waals surface area contributed by atoms with Crippen LogP contribution in [0.25, 0.3) is 0 Å². The molecule has 0 fully saturated rings. The molecule has 19 heavy (non-hydrogen) atoms. The number of rotatable bonds is 5. The van der Waals surface area contributed by atoms with E-state index in [9.17, 15) is 4.79 Å². The molecule has 4 heteroatoms. The number of benzene rings is 1. The fraction of sp³-hybridized carbons (Fsp3) is 0.533. The minimum absolute atomic E-state index is 0.0200. The molecule has 106 valence electrons. The molecule has 0 atom stereocenters. The van der Waals surface area contributed by atoms with E-state index < -0.39 is 0 Å². The second-order valence-electron chi connectivity index (χ2n) is 5.94. The molecule has 2 N–H and O–H groups in total. The lowest BCUT2D eigenvalue weighted by Gasteiger charge is -2.20. The molecule has 1 rings (SSSR count). The first-order chi connectivity index (χ1) is 8.78. The third-order valence-corrected chi connectivity index (χ3v) is 2.72. The van der Waals surface area contributed by atoms with Crippen molar-refractivity contribution in [3.63, 3.8) is 0 Å². The number of nitrogens with one attached hydrogen (secondary N) is 2. The normalized spacial score (nSPS) is 11.2. The van der Waals surface area contributed by atoms with Gasteiger partial charge in [-0.1, -0.05) is 12.1 Å². The summed E-state index contributed by atoms with van der Waals surface area (Å²) < 4.78 is 0. The number of nitrogens with zero attached hydrogens (tertiary/aromatic N) is 1. The Morgan fingerprint density at radius 2 is 1.74 bits per heavy atom. The Morgan fingerprint density at radius 1 is 1.16 bits per heavy atom. The predicted octanol–water partition coefficient (Wildman–Crippen LogP) is 1.76. The minimum atomic E-state index is -0.0370. The van der Waals surface area contributed by atoms with Crippen LogP contribution in [0.2, 0.25) is 0 Å². The van der Waals surface area contributed by atoms with E-state index in [2.05, 4.69) is 27.7 Å². The zero-order chi connectivity index (χ0) is 14.5. The molecule has 0 heterocycles. The summed E-state index contributed by atoms with van der Waals surface area (Å²) in [6.45, 7) is 7.04. The van der Waals surface area contributed by atoms with Gasteiger partial charge in [0.05, 0.1) is 6.54 Å². The quantitative estimate of drug-likeness (QED) is 0.851. The highest BCUT2D eigenvalue weighted by Gasteiger charge is 2.10. The molecular weight excluding hydrogens is 238 g/mol. The molecule has 0 saturated heterocycles. The maximum Gasteiger partial charge on any atom is 0.234 e. The third-order valence-electron chi connectivity index (χ3n) is 2.72. The summed E-state index contributed by atoms with van der Waals surface area (Å²) in [6, 6.07) is 8.17. The first-order valence-electron chi connectivity index (χ1n) is 6.56. The third kappa shape index (κ3) is 6.25. The van der Waals surface area contributed by atoms with Crippen molar-refractivity contribution >= 4 is 11.6 Å². The van der Waals surface area contributed by atoms with E-state index in [0.717, 1.165) is 11.3 Å². The van der Waals surface area contributed by atoms with E-state index in [0.29, 0.717) is 13.1 Å². The Hall–Kier alpha value is -1.55. The average Bonchev–Trinajstić information content (AvgIpc) is 2.33.